The summed E-state index contributed by atoms with van der Waals surface area (Å²) in [5.74, 6) is 0.342. The summed E-state index contributed by atoms with van der Waals surface area (Å²) < 4.78 is 20.7. The maximum Gasteiger partial charge on any atom is 0.141 e. The highest BCUT2D eigenvalue weighted by Gasteiger charge is 2.28. The van der Waals surface area contributed by atoms with Crippen molar-refractivity contribution in [2.75, 3.05) is 13.7 Å². The number of hydrogen-bond acceptors (Lipinski definition) is 3. The molecule has 1 aliphatic rings. The largest absolute Gasteiger partial charge is 0.383 e. The van der Waals surface area contributed by atoms with Crippen LogP contribution in [0, 0.1) is 11.7 Å². The van der Waals surface area contributed by atoms with Crippen LogP contribution >= 0.6 is 11.6 Å². The summed E-state index contributed by atoms with van der Waals surface area (Å²) in [5.41, 5.74) is 2.09. The summed E-state index contributed by atoms with van der Waals surface area (Å²) in [6.07, 6.45) is 7.37. The number of aryl methyl sites for hydroxylation is 1. The second kappa shape index (κ2) is 7.64. The molecule has 2 atom stereocenters. The van der Waals surface area contributed by atoms with Gasteiger partial charge in [0.05, 0.1) is 23.9 Å². The van der Waals surface area contributed by atoms with E-state index < -0.39 is 0 Å². The maximum absolute atomic E-state index is 13.5. The van der Waals surface area contributed by atoms with Gasteiger partial charge in [0.2, 0.25) is 0 Å². The molecule has 4 nitrogen and oxygen atoms in total. The van der Waals surface area contributed by atoms with Crippen LogP contribution in [-0.2, 0) is 11.8 Å². The lowest BCUT2D eigenvalue weighted by atomic mass is 9.99. The number of ether oxygens (including phenoxy) is 1. The molecule has 130 valence electrons. The lowest BCUT2D eigenvalue weighted by Gasteiger charge is -2.25. The fraction of sp³-hybridized carbons (Fsp3) is 0.500. The van der Waals surface area contributed by atoms with E-state index in [0.717, 1.165) is 23.5 Å². The molecular formula is C18H23ClFN3O. The molecule has 1 N–H and O–H groups in total. The van der Waals surface area contributed by atoms with Crippen LogP contribution in [0.2, 0.25) is 5.02 Å². The van der Waals surface area contributed by atoms with Crippen LogP contribution in [0.15, 0.2) is 30.6 Å². The first-order chi connectivity index (χ1) is 11.6. The molecule has 2 aromatic rings. The highest BCUT2D eigenvalue weighted by atomic mass is 35.5. The predicted octanol–water partition coefficient (Wildman–Crippen LogP) is 4.03. The molecule has 1 fully saturated rings. The SMILES string of the molecule is COCC(NC(CC1CC1)c1ccc(F)c(Cl)c1)c1cnn(C)c1. The molecule has 3 rings (SSSR count). The van der Waals surface area contributed by atoms with Gasteiger partial charge in [-0.2, -0.15) is 5.10 Å². The molecule has 1 aliphatic carbocycles. The Morgan fingerprint density at radius 3 is 2.75 bits per heavy atom. The summed E-state index contributed by atoms with van der Waals surface area (Å²) in [5, 5.41) is 8.08. The van der Waals surface area contributed by atoms with E-state index >= 15 is 0 Å². The van der Waals surface area contributed by atoms with E-state index in [1.165, 1.54) is 18.9 Å². The van der Waals surface area contributed by atoms with Gasteiger partial charge in [-0.05, 0) is 30.0 Å². The Kier molecular flexibility index (Phi) is 5.54. The van der Waals surface area contributed by atoms with Crippen molar-refractivity contribution < 1.29 is 9.13 Å². The monoisotopic (exact) mass is 351 g/mol. The van der Waals surface area contributed by atoms with E-state index in [1.807, 2.05) is 25.5 Å². The second-order valence-electron chi connectivity index (χ2n) is 6.53. The first-order valence-corrected chi connectivity index (χ1v) is 8.63. The van der Waals surface area contributed by atoms with Gasteiger partial charge in [0.1, 0.15) is 5.82 Å². The van der Waals surface area contributed by atoms with Gasteiger partial charge >= 0.3 is 0 Å². The number of nitrogens with zero attached hydrogens (tertiary/aromatic N) is 2. The normalized spacial score (nSPS) is 17.0. The molecule has 2 unspecified atom stereocenters. The Morgan fingerprint density at radius 1 is 1.38 bits per heavy atom. The van der Waals surface area contributed by atoms with Gasteiger partial charge in [0.25, 0.3) is 0 Å². The zero-order chi connectivity index (χ0) is 17.1. The molecule has 1 aromatic carbocycles. The summed E-state index contributed by atoms with van der Waals surface area (Å²) in [6, 6.07) is 5.11. The quantitative estimate of drug-likeness (QED) is 0.780. The van der Waals surface area contributed by atoms with Crippen LogP contribution in [0.25, 0.3) is 0 Å². The van der Waals surface area contributed by atoms with Gasteiger partial charge < -0.3 is 10.1 Å². The average molecular weight is 352 g/mol. The van der Waals surface area contributed by atoms with E-state index in [-0.39, 0.29) is 22.9 Å². The van der Waals surface area contributed by atoms with Crippen LogP contribution in [0.3, 0.4) is 0 Å². The standard InChI is InChI=1S/C18H23ClFN3O/c1-23-10-14(9-21-23)18(11-24-2)22-17(7-12-3-4-12)13-5-6-16(20)15(19)8-13/h5-6,8-10,12,17-18,22H,3-4,7,11H2,1-2H3. The average Bonchev–Trinajstić information content (AvgIpc) is 3.27. The van der Waals surface area contributed by atoms with Gasteiger partial charge in [0.15, 0.2) is 0 Å². The van der Waals surface area contributed by atoms with E-state index in [1.54, 1.807) is 17.9 Å². The fourth-order valence-corrected chi connectivity index (χ4v) is 3.18. The Labute approximate surface area is 147 Å². The lowest BCUT2D eigenvalue weighted by molar-refractivity contribution is 0.159. The minimum absolute atomic E-state index is 0.0243. The van der Waals surface area contributed by atoms with E-state index in [4.69, 9.17) is 16.3 Å². The third-order valence-electron chi connectivity index (χ3n) is 4.47. The van der Waals surface area contributed by atoms with E-state index in [0.29, 0.717) is 6.61 Å². The molecular weight excluding hydrogens is 329 g/mol. The van der Waals surface area contributed by atoms with Gasteiger partial charge in [-0.25, -0.2) is 4.39 Å². The molecule has 0 radical (unpaired) electrons. The summed E-state index contributed by atoms with van der Waals surface area (Å²) in [6.45, 7) is 0.543. The van der Waals surface area contributed by atoms with Crippen LogP contribution in [-0.4, -0.2) is 23.5 Å². The van der Waals surface area contributed by atoms with Crippen LogP contribution in [0.5, 0.6) is 0 Å². The lowest BCUT2D eigenvalue weighted by Crippen LogP contribution is -2.30. The first kappa shape index (κ1) is 17.4. The second-order valence-corrected chi connectivity index (χ2v) is 6.93. The molecule has 24 heavy (non-hydrogen) atoms. The number of benzene rings is 1. The smallest absolute Gasteiger partial charge is 0.141 e. The van der Waals surface area contributed by atoms with Crippen molar-refractivity contribution in [3.05, 3.63) is 52.6 Å². The van der Waals surface area contributed by atoms with Gasteiger partial charge in [-0.3, -0.25) is 4.68 Å². The fourth-order valence-electron chi connectivity index (χ4n) is 2.99. The Hall–Kier alpha value is -1.43. The van der Waals surface area contributed by atoms with Crippen LogP contribution in [0.4, 0.5) is 4.39 Å². The number of nitrogens with one attached hydrogen (secondary N) is 1. The van der Waals surface area contributed by atoms with E-state index in [2.05, 4.69) is 10.4 Å². The highest BCUT2D eigenvalue weighted by molar-refractivity contribution is 6.30. The zero-order valence-electron chi connectivity index (χ0n) is 14.0. The topological polar surface area (TPSA) is 39.1 Å². The molecule has 1 aromatic heterocycles. The molecule has 0 amide bonds. The predicted molar refractivity (Wildman–Crippen MR) is 92.5 cm³/mol. The highest BCUT2D eigenvalue weighted by Crippen LogP contribution is 2.39. The molecule has 0 aliphatic heterocycles. The van der Waals surface area contributed by atoms with Crippen molar-refractivity contribution in [1.29, 1.82) is 0 Å². The van der Waals surface area contributed by atoms with Crippen molar-refractivity contribution in [3.63, 3.8) is 0 Å². The van der Waals surface area contributed by atoms with Crippen molar-refractivity contribution in [2.45, 2.75) is 31.3 Å². The summed E-state index contributed by atoms with van der Waals surface area (Å²) >= 11 is 5.99. The number of halogens is 2. The number of rotatable bonds is 8. The minimum Gasteiger partial charge on any atom is -0.383 e. The Morgan fingerprint density at radius 2 is 2.17 bits per heavy atom. The molecule has 1 heterocycles. The minimum atomic E-state index is -0.383. The third-order valence-corrected chi connectivity index (χ3v) is 4.76. The Balaban J connectivity index is 1.82. The number of hydrogen-bond donors (Lipinski definition) is 1. The summed E-state index contributed by atoms with van der Waals surface area (Å²) in [7, 11) is 3.59. The van der Waals surface area contributed by atoms with Crippen LogP contribution in [0.1, 0.15) is 42.5 Å². The molecule has 0 bridgehead atoms. The number of aromatic nitrogens is 2. The number of methoxy groups -OCH3 is 1. The van der Waals surface area contributed by atoms with Gasteiger partial charge in [-0.1, -0.05) is 30.5 Å². The summed E-state index contributed by atoms with van der Waals surface area (Å²) in [4.78, 5) is 0. The maximum atomic E-state index is 13.5. The molecule has 0 saturated heterocycles. The molecule has 6 heteroatoms. The van der Waals surface area contributed by atoms with Crippen LogP contribution < -0.4 is 5.32 Å². The van der Waals surface area contributed by atoms with Crippen molar-refractivity contribution >= 4 is 11.6 Å². The third kappa shape index (κ3) is 4.35. The van der Waals surface area contributed by atoms with E-state index in [9.17, 15) is 4.39 Å². The molecule has 0 spiro atoms. The van der Waals surface area contributed by atoms with Crippen molar-refractivity contribution in [1.82, 2.24) is 15.1 Å². The molecule has 1 saturated carbocycles. The zero-order valence-corrected chi connectivity index (χ0v) is 14.8. The van der Waals surface area contributed by atoms with Crippen molar-refractivity contribution in [3.8, 4) is 0 Å². The first-order valence-electron chi connectivity index (χ1n) is 8.25. The Bertz CT molecular complexity index is 687. The van der Waals surface area contributed by atoms with Crippen molar-refractivity contribution in [2.24, 2.45) is 13.0 Å². The van der Waals surface area contributed by atoms with Gasteiger partial charge in [0, 0.05) is 32.0 Å². The van der Waals surface area contributed by atoms with Gasteiger partial charge in [-0.15, -0.1) is 0 Å².